The lowest BCUT2D eigenvalue weighted by atomic mass is 10.1. The van der Waals surface area contributed by atoms with Gasteiger partial charge in [0.1, 0.15) is 23.5 Å². The number of fused-ring (bicyclic) bond motifs is 1. The zero-order valence-corrected chi connectivity index (χ0v) is 14.8. The topological polar surface area (TPSA) is 65.0 Å². The number of aromatic hydroxyl groups is 1. The first-order chi connectivity index (χ1) is 12.6. The molecular formula is C21H20N4O. The van der Waals surface area contributed by atoms with Crippen LogP contribution in [-0.2, 0) is 6.54 Å². The van der Waals surface area contributed by atoms with Gasteiger partial charge in [0.2, 0.25) is 0 Å². The first-order valence-corrected chi connectivity index (χ1v) is 8.50. The molecule has 0 aliphatic heterocycles. The van der Waals surface area contributed by atoms with E-state index in [1.807, 2.05) is 19.2 Å². The summed E-state index contributed by atoms with van der Waals surface area (Å²) in [6.07, 6.45) is 1.58. The second-order valence-corrected chi connectivity index (χ2v) is 6.53. The van der Waals surface area contributed by atoms with Gasteiger partial charge in [-0.3, -0.25) is 0 Å². The number of aromatic amines is 1. The number of anilines is 1. The van der Waals surface area contributed by atoms with Crippen LogP contribution in [0.4, 0.5) is 5.82 Å². The van der Waals surface area contributed by atoms with E-state index < -0.39 is 0 Å². The number of nitrogens with one attached hydrogen (secondary N) is 1. The fourth-order valence-electron chi connectivity index (χ4n) is 3.19. The molecule has 0 radical (unpaired) electrons. The minimum Gasteiger partial charge on any atom is -0.508 e. The van der Waals surface area contributed by atoms with Crippen molar-refractivity contribution in [3.05, 3.63) is 72.1 Å². The zero-order valence-electron chi connectivity index (χ0n) is 14.8. The minimum atomic E-state index is 0.253. The second-order valence-electron chi connectivity index (χ2n) is 6.53. The van der Waals surface area contributed by atoms with E-state index in [0.717, 1.165) is 34.7 Å². The van der Waals surface area contributed by atoms with Crippen LogP contribution in [-0.4, -0.2) is 27.1 Å². The Kier molecular flexibility index (Phi) is 4.05. The number of nitrogens with zero attached hydrogens (tertiary/aromatic N) is 3. The van der Waals surface area contributed by atoms with Crippen molar-refractivity contribution in [2.24, 2.45) is 0 Å². The Labute approximate surface area is 152 Å². The van der Waals surface area contributed by atoms with Crippen molar-refractivity contribution in [2.75, 3.05) is 11.9 Å². The average molecular weight is 344 g/mol. The van der Waals surface area contributed by atoms with E-state index in [9.17, 15) is 5.11 Å². The Morgan fingerprint density at radius 1 is 1.04 bits per heavy atom. The first kappa shape index (κ1) is 16.1. The minimum absolute atomic E-state index is 0.253. The maximum absolute atomic E-state index is 9.48. The molecule has 2 N–H and O–H groups in total. The molecule has 0 fully saturated rings. The number of hydrogen-bond donors (Lipinski definition) is 2. The van der Waals surface area contributed by atoms with Gasteiger partial charge in [0.05, 0.1) is 5.39 Å². The third-order valence-electron chi connectivity index (χ3n) is 4.45. The quantitative estimate of drug-likeness (QED) is 0.580. The molecule has 2 aromatic carbocycles. The summed E-state index contributed by atoms with van der Waals surface area (Å²) < 4.78 is 0. The molecular weight excluding hydrogens is 324 g/mol. The van der Waals surface area contributed by atoms with E-state index in [0.29, 0.717) is 0 Å². The fourth-order valence-corrected chi connectivity index (χ4v) is 3.19. The lowest BCUT2D eigenvalue weighted by molar-refractivity contribution is 0.475. The molecule has 4 rings (SSSR count). The van der Waals surface area contributed by atoms with Crippen molar-refractivity contribution in [2.45, 2.75) is 13.5 Å². The van der Waals surface area contributed by atoms with Gasteiger partial charge in [-0.2, -0.15) is 0 Å². The molecule has 4 aromatic rings. The highest BCUT2D eigenvalue weighted by Gasteiger charge is 2.13. The van der Waals surface area contributed by atoms with Crippen molar-refractivity contribution in [1.82, 2.24) is 15.0 Å². The van der Waals surface area contributed by atoms with Crippen LogP contribution in [0.3, 0.4) is 0 Å². The maximum Gasteiger partial charge on any atom is 0.143 e. The third kappa shape index (κ3) is 3.11. The van der Waals surface area contributed by atoms with Crippen LogP contribution in [0.15, 0.2) is 60.9 Å². The van der Waals surface area contributed by atoms with Gasteiger partial charge >= 0.3 is 0 Å². The van der Waals surface area contributed by atoms with Crippen LogP contribution in [0.2, 0.25) is 0 Å². The summed E-state index contributed by atoms with van der Waals surface area (Å²) in [7, 11) is 2.04. The Balaban J connectivity index is 1.70. The van der Waals surface area contributed by atoms with E-state index in [4.69, 9.17) is 0 Å². The summed E-state index contributed by atoms with van der Waals surface area (Å²) in [6.45, 7) is 2.87. The molecule has 2 aromatic heterocycles. The summed E-state index contributed by atoms with van der Waals surface area (Å²) in [6, 6.07) is 17.7. The van der Waals surface area contributed by atoms with Gasteiger partial charge in [-0.25, -0.2) is 9.97 Å². The molecule has 0 unspecified atom stereocenters. The molecule has 0 atom stereocenters. The Bertz CT molecular complexity index is 1050. The van der Waals surface area contributed by atoms with Gasteiger partial charge in [-0.1, -0.05) is 29.8 Å². The van der Waals surface area contributed by atoms with E-state index in [2.05, 4.69) is 57.1 Å². The van der Waals surface area contributed by atoms with Gasteiger partial charge in [-0.15, -0.1) is 0 Å². The summed E-state index contributed by atoms with van der Waals surface area (Å²) in [5, 5.41) is 10.5. The predicted molar refractivity (Wildman–Crippen MR) is 104 cm³/mol. The number of aromatic nitrogens is 3. The largest absolute Gasteiger partial charge is 0.508 e. The first-order valence-electron chi connectivity index (χ1n) is 8.50. The Hall–Kier alpha value is -3.34. The summed E-state index contributed by atoms with van der Waals surface area (Å²) in [5.41, 5.74) is 5.24. The van der Waals surface area contributed by atoms with Gasteiger partial charge < -0.3 is 15.0 Å². The molecule has 0 amide bonds. The van der Waals surface area contributed by atoms with Gasteiger partial charge in [0, 0.05) is 19.3 Å². The smallest absolute Gasteiger partial charge is 0.143 e. The molecule has 2 heterocycles. The standard InChI is InChI=1S/C21H20N4O/c1-14-4-3-5-15(10-14)12-25(2)21-18-11-19(24-20(18)22-13-23-21)16-6-8-17(26)9-7-16/h3-11,13,26H,12H2,1-2H3,(H,22,23,24). The molecule has 0 aliphatic carbocycles. The van der Waals surface area contributed by atoms with Crippen LogP contribution in [0, 0.1) is 6.92 Å². The molecule has 5 heteroatoms. The van der Waals surface area contributed by atoms with Crippen molar-refractivity contribution in [3.63, 3.8) is 0 Å². The maximum atomic E-state index is 9.48. The van der Waals surface area contributed by atoms with Gasteiger partial charge in [0.15, 0.2) is 0 Å². The highest BCUT2D eigenvalue weighted by Crippen LogP contribution is 2.29. The van der Waals surface area contributed by atoms with Crippen molar-refractivity contribution in [1.29, 1.82) is 0 Å². The van der Waals surface area contributed by atoms with E-state index in [-0.39, 0.29) is 5.75 Å². The van der Waals surface area contributed by atoms with Crippen LogP contribution in [0.5, 0.6) is 5.75 Å². The number of phenolic OH excluding ortho intramolecular Hbond substituents is 1. The molecule has 0 aliphatic rings. The Morgan fingerprint density at radius 2 is 1.85 bits per heavy atom. The number of hydrogen-bond acceptors (Lipinski definition) is 4. The average Bonchev–Trinajstić information content (AvgIpc) is 3.06. The zero-order chi connectivity index (χ0) is 18.1. The molecule has 0 saturated heterocycles. The SMILES string of the molecule is Cc1cccc(CN(C)c2ncnc3[nH]c(-c4ccc(O)cc4)cc23)c1. The van der Waals surface area contributed by atoms with Crippen molar-refractivity contribution in [3.8, 4) is 17.0 Å². The number of aryl methyl sites for hydroxylation is 1. The van der Waals surface area contributed by atoms with Crippen LogP contribution in [0.1, 0.15) is 11.1 Å². The highest BCUT2D eigenvalue weighted by atomic mass is 16.3. The predicted octanol–water partition coefficient (Wildman–Crippen LogP) is 4.28. The number of phenols is 1. The van der Waals surface area contributed by atoms with Gasteiger partial charge in [0.25, 0.3) is 0 Å². The number of rotatable bonds is 4. The second kappa shape index (κ2) is 6.52. The summed E-state index contributed by atoms with van der Waals surface area (Å²) in [5.74, 6) is 1.14. The van der Waals surface area contributed by atoms with Crippen LogP contribution < -0.4 is 4.90 Å². The number of benzene rings is 2. The molecule has 0 bridgehead atoms. The summed E-state index contributed by atoms with van der Waals surface area (Å²) >= 11 is 0. The third-order valence-corrected chi connectivity index (χ3v) is 4.45. The fraction of sp³-hybridized carbons (Fsp3) is 0.143. The van der Waals surface area contributed by atoms with E-state index >= 15 is 0 Å². The molecule has 0 spiro atoms. The lowest BCUT2D eigenvalue weighted by Crippen LogP contribution is -2.18. The molecule has 26 heavy (non-hydrogen) atoms. The lowest BCUT2D eigenvalue weighted by Gasteiger charge is -2.19. The highest BCUT2D eigenvalue weighted by molar-refractivity contribution is 5.91. The van der Waals surface area contributed by atoms with Crippen molar-refractivity contribution >= 4 is 16.9 Å². The molecule has 130 valence electrons. The van der Waals surface area contributed by atoms with Crippen molar-refractivity contribution < 1.29 is 5.11 Å². The Morgan fingerprint density at radius 3 is 2.62 bits per heavy atom. The van der Waals surface area contributed by atoms with E-state index in [1.54, 1.807) is 18.5 Å². The van der Waals surface area contributed by atoms with Crippen LogP contribution in [0.25, 0.3) is 22.3 Å². The van der Waals surface area contributed by atoms with Crippen LogP contribution >= 0.6 is 0 Å². The van der Waals surface area contributed by atoms with Gasteiger partial charge in [-0.05, 0) is 48.4 Å². The molecule has 0 saturated carbocycles. The molecule has 5 nitrogen and oxygen atoms in total. The monoisotopic (exact) mass is 344 g/mol. The normalized spacial score (nSPS) is 11.0. The van der Waals surface area contributed by atoms with E-state index in [1.165, 1.54) is 11.1 Å². The number of H-pyrrole nitrogens is 1. The summed E-state index contributed by atoms with van der Waals surface area (Å²) in [4.78, 5) is 14.3.